The van der Waals surface area contributed by atoms with Crippen LogP contribution in [0.4, 0.5) is 0 Å². The second-order valence-corrected chi connectivity index (χ2v) is 4.57. The van der Waals surface area contributed by atoms with E-state index in [0.29, 0.717) is 5.92 Å². The van der Waals surface area contributed by atoms with Crippen molar-refractivity contribution in [3.05, 3.63) is 45.4 Å². The zero-order valence-electron chi connectivity index (χ0n) is 8.42. The third-order valence-electron chi connectivity index (χ3n) is 2.55. The quantitative estimate of drug-likeness (QED) is 0.637. The fourth-order valence-corrected chi connectivity index (χ4v) is 2.09. The number of hydrogen-bond acceptors (Lipinski definition) is 0. The standard InChI is InChI=1S/C13H13Br/c1-9-3-6-11-7-5-10(2)13(14)12(11)8-4-9/h3-9H,1-2H3. The van der Waals surface area contributed by atoms with E-state index in [1.165, 1.54) is 21.2 Å². The maximum atomic E-state index is 3.64. The van der Waals surface area contributed by atoms with Crippen LogP contribution in [0.2, 0.25) is 0 Å². The molecule has 0 fully saturated rings. The molecule has 72 valence electrons. The minimum absolute atomic E-state index is 0.523. The van der Waals surface area contributed by atoms with E-state index in [2.05, 4.69) is 66.2 Å². The molecule has 0 aliphatic heterocycles. The zero-order chi connectivity index (χ0) is 10.1. The molecular formula is C13H13Br. The molecule has 2 rings (SSSR count). The molecule has 0 nitrogen and oxygen atoms in total. The van der Waals surface area contributed by atoms with Crippen molar-refractivity contribution in [2.75, 3.05) is 0 Å². The van der Waals surface area contributed by atoms with Gasteiger partial charge in [0.2, 0.25) is 0 Å². The lowest BCUT2D eigenvalue weighted by molar-refractivity contribution is 0.954. The average Bonchev–Trinajstić information content (AvgIpc) is 2.35. The molecule has 0 amide bonds. The van der Waals surface area contributed by atoms with Crippen molar-refractivity contribution >= 4 is 28.1 Å². The van der Waals surface area contributed by atoms with Gasteiger partial charge in [0.25, 0.3) is 0 Å². The Morgan fingerprint density at radius 1 is 1.14 bits per heavy atom. The van der Waals surface area contributed by atoms with Crippen LogP contribution in [-0.4, -0.2) is 0 Å². The number of hydrogen-bond donors (Lipinski definition) is 0. The molecule has 0 bridgehead atoms. The summed E-state index contributed by atoms with van der Waals surface area (Å²) in [4.78, 5) is 0. The first-order valence-corrected chi connectivity index (χ1v) is 5.63. The summed E-state index contributed by atoms with van der Waals surface area (Å²) >= 11 is 3.64. The molecule has 1 aliphatic carbocycles. The topological polar surface area (TPSA) is 0 Å². The third-order valence-corrected chi connectivity index (χ3v) is 3.60. The number of aryl methyl sites for hydroxylation is 1. The van der Waals surface area contributed by atoms with Crippen LogP contribution in [0.15, 0.2) is 28.8 Å². The van der Waals surface area contributed by atoms with Crippen molar-refractivity contribution in [2.24, 2.45) is 5.92 Å². The van der Waals surface area contributed by atoms with Gasteiger partial charge in [0.15, 0.2) is 0 Å². The van der Waals surface area contributed by atoms with Crippen molar-refractivity contribution < 1.29 is 0 Å². The van der Waals surface area contributed by atoms with Crippen molar-refractivity contribution in [1.29, 1.82) is 0 Å². The summed E-state index contributed by atoms with van der Waals surface area (Å²) in [5, 5.41) is 0. The molecule has 1 aliphatic rings. The second kappa shape index (κ2) is 3.74. The Hall–Kier alpha value is -0.820. The van der Waals surface area contributed by atoms with E-state index < -0.39 is 0 Å². The Morgan fingerprint density at radius 2 is 1.86 bits per heavy atom. The Balaban J connectivity index is 2.63. The van der Waals surface area contributed by atoms with E-state index in [9.17, 15) is 0 Å². The first-order chi connectivity index (χ1) is 6.68. The lowest BCUT2D eigenvalue weighted by Crippen LogP contribution is -1.85. The smallest absolute Gasteiger partial charge is 0.0282 e. The van der Waals surface area contributed by atoms with Crippen LogP contribution >= 0.6 is 15.9 Å². The predicted octanol–water partition coefficient (Wildman–Crippen LogP) is 4.43. The molecule has 0 spiro atoms. The summed E-state index contributed by atoms with van der Waals surface area (Å²) in [6.45, 7) is 4.32. The lowest BCUT2D eigenvalue weighted by Gasteiger charge is -2.06. The highest BCUT2D eigenvalue weighted by molar-refractivity contribution is 9.10. The maximum absolute atomic E-state index is 3.64. The van der Waals surface area contributed by atoms with Crippen LogP contribution < -0.4 is 0 Å². The molecule has 0 saturated carbocycles. The van der Waals surface area contributed by atoms with E-state index in [1.807, 2.05) is 0 Å². The van der Waals surface area contributed by atoms with Gasteiger partial charge in [-0.25, -0.2) is 0 Å². The molecule has 0 radical (unpaired) electrons. The van der Waals surface area contributed by atoms with Gasteiger partial charge in [0.05, 0.1) is 0 Å². The maximum Gasteiger partial charge on any atom is 0.0282 e. The summed E-state index contributed by atoms with van der Waals surface area (Å²) < 4.78 is 1.21. The minimum Gasteiger partial charge on any atom is -0.0773 e. The zero-order valence-corrected chi connectivity index (χ0v) is 10.0. The Morgan fingerprint density at radius 3 is 2.64 bits per heavy atom. The number of rotatable bonds is 0. The van der Waals surface area contributed by atoms with Gasteiger partial charge in [-0.1, -0.05) is 43.4 Å². The summed E-state index contributed by atoms with van der Waals surface area (Å²) in [5.41, 5.74) is 3.88. The predicted molar refractivity (Wildman–Crippen MR) is 66.1 cm³/mol. The average molecular weight is 249 g/mol. The van der Waals surface area contributed by atoms with Crippen LogP contribution in [0.25, 0.3) is 12.2 Å². The summed E-state index contributed by atoms with van der Waals surface area (Å²) in [6, 6.07) is 4.32. The van der Waals surface area contributed by atoms with Gasteiger partial charge in [-0.3, -0.25) is 0 Å². The highest BCUT2D eigenvalue weighted by Crippen LogP contribution is 2.29. The fraction of sp³-hybridized carbons (Fsp3) is 0.231. The molecule has 0 N–H and O–H groups in total. The number of halogens is 1. The summed E-state index contributed by atoms with van der Waals surface area (Å²) in [7, 11) is 0. The van der Waals surface area contributed by atoms with Crippen molar-refractivity contribution in [1.82, 2.24) is 0 Å². The van der Waals surface area contributed by atoms with E-state index >= 15 is 0 Å². The van der Waals surface area contributed by atoms with Crippen LogP contribution in [0, 0.1) is 12.8 Å². The van der Waals surface area contributed by atoms with Crippen LogP contribution in [-0.2, 0) is 0 Å². The van der Waals surface area contributed by atoms with E-state index in [-0.39, 0.29) is 0 Å². The monoisotopic (exact) mass is 248 g/mol. The molecule has 1 aromatic rings. The molecule has 1 unspecified atom stereocenters. The van der Waals surface area contributed by atoms with Gasteiger partial charge < -0.3 is 0 Å². The SMILES string of the molecule is Cc1ccc2c(c1Br)C=CC(C)C=C2. The van der Waals surface area contributed by atoms with E-state index in [1.54, 1.807) is 0 Å². The lowest BCUT2D eigenvalue weighted by atomic mass is 10.0. The van der Waals surface area contributed by atoms with Gasteiger partial charge in [0.1, 0.15) is 0 Å². The highest BCUT2D eigenvalue weighted by Gasteiger charge is 2.07. The molecule has 0 aromatic heterocycles. The van der Waals surface area contributed by atoms with Gasteiger partial charge in [-0.2, -0.15) is 0 Å². The third kappa shape index (κ3) is 1.69. The normalized spacial score (nSPS) is 19.2. The Kier molecular flexibility index (Phi) is 2.60. The van der Waals surface area contributed by atoms with E-state index in [4.69, 9.17) is 0 Å². The van der Waals surface area contributed by atoms with Gasteiger partial charge in [0, 0.05) is 4.47 Å². The number of fused-ring (bicyclic) bond motifs is 1. The minimum atomic E-state index is 0.523. The first-order valence-electron chi connectivity index (χ1n) is 4.84. The fourth-order valence-electron chi connectivity index (χ4n) is 1.60. The van der Waals surface area contributed by atoms with Gasteiger partial charge in [-0.05, 0) is 45.5 Å². The molecule has 1 aromatic carbocycles. The molecule has 14 heavy (non-hydrogen) atoms. The second-order valence-electron chi connectivity index (χ2n) is 3.78. The number of allylic oxidation sites excluding steroid dienone is 2. The summed E-state index contributed by atoms with van der Waals surface area (Å²) in [5.74, 6) is 0.523. The Bertz CT molecular complexity index is 413. The molecule has 1 atom stereocenters. The van der Waals surface area contributed by atoms with Crippen molar-refractivity contribution in [3.63, 3.8) is 0 Å². The highest BCUT2D eigenvalue weighted by atomic mass is 79.9. The van der Waals surface area contributed by atoms with Crippen LogP contribution in [0.1, 0.15) is 23.6 Å². The van der Waals surface area contributed by atoms with Gasteiger partial charge in [-0.15, -0.1) is 0 Å². The van der Waals surface area contributed by atoms with Crippen molar-refractivity contribution in [2.45, 2.75) is 13.8 Å². The van der Waals surface area contributed by atoms with Crippen LogP contribution in [0.3, 0.4) is 0 Å². The van der Waals surface area contributed by atoms with Crippen LogP contribution in [0.5, 0.6) is 0 Å². The Labute approximate surface area is 93.5 Å². The van der Waals surface area contributed by atoms with E-state index in [0.717, 1.165) is 0 Å². The molecule has 1 heteroatoms. The summed E-state index contributed by atoms with van der Waals surface area (Å²) in [6.07, 6.45) is 8.86. The molecule has 0 heterocycles. The first kappa shape index (κ1) is 9.72. The largest absolute Gasteiger partial charge is 0.0773 e. The molecular weight excluding hydrogens is 236 g/mol. The number of benzene rings is 1. The van der Waals surface area contributed by atoms with Gasteiger partial charge >= 0.3 is 0 Å². The molecule has 0 saturated heterocycles. The van der Waals surface area contributed by atoms with Crippen molar-refractivity contribution in [3.8, 4) is 0 Å².